The van der Waals surface area contributed by atoms with Crippen LogP contribution in [0.2, 0.25) is 0 Å². The maximum absolute atomic E-state index is 13.7. The Labute approximate surface area is 855 Å². The van der Waals surface area contributed by atoms with Gasteiger partial charge in [-0.15, -0.1) is 0 Å². The number of carbonyl (C=O) groups is 12. The van der Waals surface area contributed by atoms with Gasteiger partial charge in [0, 0.05) is 67.0 Å². The standard InChI is InChI=1S/2C29H37N3O5.2C28H35N3O5/c1-29(13-14-29)26(33)23(17-20-7-5-4-6-8-20)30-27(34)24(18-21-9-11-22(36-3)12-10-21)31-28(35)25-19-37-16-15-32(25)2;1-28(13-14-28)25(33)22(17-19-7-5-4-6-8-19)31-26(34)23(18-20-9-11-21(37-3)12-10-20)32-27(35)24-29(2,36)15-16-30-24;2*1-28(12-13-28)25(32)22(16-19-6-4-3-5-7-19)30-26(33)23(17-20-8-10-21(35-2)11-9-20)31-27(34)24-18-36-15-14-29-24/h4-12,23-25H,13-19H2,1-3H3,(H,30,34)(H,31,35);4-12,22-24,30,36H,13-18H2,1-3H3,(H,31,34)(H,32,35);2*3-11,22-24,29H,12-18H2,1-2H3,(H,30,33)(H,31,34)/t23-,24-,25+;22-,23-,24+,29+;22-,23-,24+;22-,23-,24-/m0000/s1. The third-order valence-electron chi connectivity index (χ3n) is 29.0. The van der Waals surface area contributed by atoms with Crippen molar-refractivity contribution < 1.29 is 95.8 Å². The van der Waals surface area contributed by atoms with Crippen LogP contribution in [0.5, 0.6) is 23.0 Å². The lowest BCUT2D eigenvalue weighted by molar-refractivity contribution is -0.136. The van der Waals surface area contributed by atoms with Crippen molar-refractivity contribution in [2.75, 3.05) is 101 Å². The van der Waals surface area contributed by atoms with Crippen LogP contribution >= 0.6 is 0 Å². The lowest BCUT2D eigenvalue weighted by atomic mass is 9.92. The first-order valence-corrected chi connectivity index (χ1v) is 50.8. The van der Waals surface area contributed by atoms with Crippen LogP contribution in [0.4, 0.5) is 0 Å². The molecule has 32 nitrogen and oxygen atoms in total. The topological polar surface area (TPSA) is 425 Å². The third kappa shape index (κ3) is 32.0. The molecular formula is C114H144N12O20. The Morgan fingerprint density at radius 3 is 0.788 bits per heavy atom. The second-order valence-corrected chi connectivity index (χ2v) is 40.9. The van der Waals surface area contributed by atoms with E-state index in [1.54, 1.807) is 47.5 Å². The summed E-state index contributed by atoms with van der Waals surface area (Å²) in [4.78, 5) is 162. The molecular weight excluding hydrogens is 1860 g/mol. The quantitative estimate of drug-likeness (QED) is 0.0174. The molecule has 0 radical (unpaired) electrons. The van der Waals surface area contributed by atoms with Gasteiger partial charge in [-0.25, -0.2) is 0 Å². The molecule has 4 aliphatic carbocycles. The number of methoxy groups -OCH3 is 4. The van der Waals surface area contributed by atoms with Crippen molar-refractivity contribution in [1.29, 1.82) is 0 Å². The van der Waals surface area contributed by atoms with Gasteiger partial charge in [-0.2, -0.15) is 0 Å². The van der Waals surface area contributed by atoms with E-state index in [9.17, 15) is 62.6 Å². The van der Waals surface area contributed by atoms with Crippen molar-refractivity contribution in [3.8, 4) is 23.0 Å². The molecule has 4 aliphatic heterocycles. The van der Waals surface area contributed by atoms with E-state index < -0.39 is 112 Å². The number of aliphatic hydroxyl groups is 1. The van der Waals surface area contributed by atoms with Crippen LogP contribution in [-0.2, 0) is 123 Å². The van der Waals surface area contributed by atoms with Crippen LogP contribution < -0.4 is 77.4 Å². The number of ether oxygens (including phenoxy) is 7. The second-order valence-electron chi connectivity index (χ2n) is 40.9. The number of carbonyl (C=O) groups excluding carboxylic acids is 12. The fourth-order valence-corrected chi connectivity index (χ4v) is 18.3. The summed E-state index contributed by atoms with van der Waals surface area (Å²) in [6.45, 7) is 14.1. The molecule has 8 fully saturated rings. The first-order valence-electron chi connectivity index (χ1n) is 50.8. The summed E-state index contributed by atoms with van der Waals surface area (Å²) in [5.74, 6) is 0.0574. The lowest BCUT2D eigenvalue weighted by Crippen LogP contribution is -2.59. The Bertz CT molecular complexity index is 5510. The Kier molecular flexibility index (Phi) is 39.2. The summed E-state index contributed by atoms with van der Waals surface area (Å²) in [5, 5.41) is 43.4. The molecule has 0 unspecified atom stereocenters. The highest BCUT2D eigenvalue weighted by molar-refractivity contribution is 6.01. The van der Waals surface area contributed by atoms with Gasteiger partial charge in [0.15, 0.2) is 23.1 Å². The van der Waals surface area contributed by atoms with Crippen LogP contribution in [0.3, 0.4) is 0 Å². The fourth-order valence-electron chi connectivity index (χ4n) is 18.3. The molecule has 8 aliphatic rings. The SMILES string of the molecule is COc1ccc(C[C@H](NC(=O)[C@@H]2COCCN2)C(=O)N[C@@H](Cc2ccccc2)C(=O)C2(C)CC2)cc1.COc1ccc(C[C@H](NC(=O)[C@H]2COCCN2)C(=O)N[C@@H](Cc2ccccc2)C(=O)C2(C)CC2)cc1.COc1ccc(C[C@H](NC(=O)[C@H]2COCCN2C)C(=O)N[C@@H](Cc2ccccc2)C(=O)C2(C)CC2)cc1.COc1ccc(C[C@H](NC(=O)[C@H]2NCC[C@@]2(C)O)C(=O)N[C@@H](Cc2ccccc2)C(=O)C2(C)CC2)cc1. The van der Waals surface area contributed by atoms with Crippen molar-refractivity contribution in [2.45, 2.75) is 222 Å². The number of likely N-dealkylation sites (N-methyl/N-ethyl adjacent to an activating group) is 1. The highest BCUT2D eigenvalue weighted by Crippen LogP contribution is 2.50. The van der Waals surface area contributed by atoms with Crippen molar-refractivity contribution in [3.63, 3.8) is 0 Å². The van der Waals surface area contributed by atoms with Gasteiger partial charge in [-0.05, 0) is 197 Å². The predicted molar refractivity (Wildman–Crippen MR) is 552 cm³/mol. The van der Waals surface area contributed by atoms with Crippen molar-refractivity contribution in [1.82, 2.24) is 63.4 Å². The molecule has 4 saturated heterocycles. The number of rotatable bonds is 44. The number of morpholine rings is 3. The number of ketones is 4. The zero-order chi connectivity index (χ0) is 104. The average molecular weight is 2000 g/mol. The molecule has 0 spiro atoms. The number of hydrogen-bond acceptors (Lipinski definition) is 24. The number of benzene rings is 8. The molecule has 32 heteroatoms. The molecule has 0 aromatic heterocycles. The number of Topliss-reactive ketones (excluding diaryl/α,β-unsaturated/α-hetero) is 4. The normalized spacial score (nSPS) is 21.0. The van der Waals surface area contributed by atoms with Crippen LogP contribution in [-0.4, -0.2) is 260 Å². The van der Waals surface area contributed by atoms with Crippen LogP contribution in [0.1, 0.15) is 137 Å². The van der Waals surface area contributed by atoms with Crippen LogP contribution in [0.25, 0.3) is 0 Å². The van der Waals surface area contributed by atoms with Gasteiger partial charge < -0.3 is 96.7 Å². The Morgan fingerprint density at radius 1 is 0.308 bits per heavy atom. The van der Waals surface area contributed by atoms with Gasteiger partial charge in [-0.3, -0.25) is 62.4 Å². The summed E-state index contributed by atoms with van der Waals surface area (Å²) in [6.07, 6.45) is 9.66. The first kappa shape index (κ1) is 110. The Morgan fingerprint density at radius 2 is 0.555 bits per heavy atom. The molecule has 12 N–H and O–H groups in total. The minimum absolute atomic E-state index is 0.0135. The second kappa shape index (κ2) is 51.9. The summed E-state index contributed by atoms with van der Waals surface area (Å²) in [7, 11) is 8.23. The van der Waals surface area contributed by atoms with E-state index in [4.69, 9.17) is 33.2 Å². The van der Waals surface area contributed by atoms with E-state index in [2.05, 4.69) is 58.5 Å². The molecule has 0 bridgehead atoms. The van der Waals surface area contributed by atoms with Gasteiger partial charge in [-0.1, -0.05) is 198 Å². The minimum atomic E-state index is -1.21. The molecule has 8 aromatic rings. The fraction of sp³-hybridized carbons (Fsp3) is 0.474. The highest BCUT2D eigenvalue weighted by atomic mass is 16.5. The van der Waals surface area contributed by atoms with E-state index in [-0.39, 0.29) is 104 Å². The van der Waals surface area contributed by atoms with E-state index in [1.807, 2.05) is 246 Å². The molecule has 8 aromatic carbocycles. The summed E-state index contributed by atoms with van der Waals surface area (Å²) >= 11 is 0. The van der Waals surface area contributed by atoms with Gasteiger partial charge in [0.2, 0.25) is 47.3 Å². The van der Waals surface area contributed by atoms with E-state index in [0.29, 0.717) is 101 Å². The van der Waals surface area contributed by atoms with Crippen molar-refractivity contribution >= 4 is 70.4 Å². The van der Waals surface area contributed by atoms with Gasteiger partial charge in [0.05, 0.1) is 97.8 Å². The van der Waals surface area contributed by atoms with Crippen LogP contribution in [0.15, 0.2) is 218 Å². The lowest BCUT2D eigenvalue weighted by Gasteiger charge is -2.32. The third-order valence-corrected chi connectivity index (χ3v) is 29.0. The van der Waals surface area contributed by atoms with E-state index in [0.717, 1.165) is 95.9 Å². The number of amides is 8. The molecule has 4 heterocycles. The van der Waals surface area contributed by atoms with Gasteiger partial charge >= 0.3 is 0 Å². The number of hydrogen-bond donors (Lipinski definition) is 12. The summed E-state index contributed by atoms with van der Waals surface area (Å²) in [6, 6.07) is 59.4. The largest absolute Gasteiger partial charge is 0.497 e. The van der Waals surface area contributed by atoms with Gasteiger partial charge in [0.1, 0.15) is 71.3 Å². The first-order chi connectivity index (χ1) is 70.1. The Hall–Kier alpha value is -12.9. The maximum Gasteiger partial charge on any atom is 0.243 e. The van der Waals surface area contributed by atoms with Crippen molar-refractivity contribution in [3.05, 3.63) is 263 Å². The van der Waals surface area contributed by atoms with E-state index >= 15 is 0 Å². The summed E-state index contributed by atoms with van der Waals surface area (Å²) in [5.41, 5.74) is 4.47. The molecule has 780 valence electrons. The van der Waals surface area contributed by atoms with Gasteiger partial charge in [0.25, 0.3) is 0 Å². The Balaban J connectivity index is 0.000000163. The zero-order valence-electron chi connectivity index (χ0n) is 85.5. The minimum Gasteiger partial charge on any atom is -0.497 e. The molecule has 146 heavy (non-hydrogen) atoms. The molecule has 13 atom stereocenters. The predicted octanol–water partition coefficient (Wildman–Crippen LogP) is 7.70. The molecule has 8 amide bonds. The van der Waals surface area contributed by atoms with E-state index in [1.165, 1.54) is 0 Å². The van der Waals surface area contributed by atoms with Crippen LogP contribution in [0, 0.1) is 21.7 Å². The average Bonchev–Trinajstić information content (AvgIpc) is 1.65. The van der Waals surface area contributed by atoms with Crippen molar-refractivity contribution in [2.24, 2.45) is 21.7 Å². The number of nitrogens with one attached hydrogen (secondary N) is 11. The molecule has 4 saturated carbocycles. The maximum atomic E-state index is 13.7. The number of nitrogens with zero attached hydrogens (tertiary/aromatic N) is 1. The smallest absolute Gasteiger partial charge is 0.243 e. The molecule has 16 rings (SSSR count). The summed E-state index contributed by atoms with van der Waals surface area (Å²) < 4.78 is 37.3. The zero-order valence-corrected chi connectivity index (χ0v) is 85.5. The highest BCUT2D eigenvalue weighted by Gasteiger charge is 2.53. The monoisotopic (exact) mass is 2000 g/mol.